The molecule has 1 aromatic carbocycles. The molecule has 1 amide bonds. The number of para-hydroxylation sites is 1. The van der Waals surface area contributed by atoms with E-state index in [1.807, 2.05) is 32.0 Å². The van der Waals surface area contributed by atoms with E-state index in [9.17, 15) is 9.18 Å². The third-order valence-corrected chi connectivity index (χ3v) is 6.76. The van der Waals surface area contributed by atoms with E-state index in [1.165, 1.54) is 0 Å². The van der Waals surface area contributed by atoms with Crippen molar-refractivity contribution in [2.24, 2.45) is 7.05 Å². The summed E-state index contributed by atoms with van der Waals surface area (Å²) in [5, 5.41) is 11.1. The van der Waals surface area contributed by atoms with Crippen molar-refractivity contribution >= 4 is 34.1 Å². The number of piperazine rings is 1. The molecule has 0 saturated carbocycles. The molecule has 3 N–H and O–H groups in total. The molecular formula is C26H32FN9O2. The van der Waals surface area contributed by atoms with Crippen molar-refractivity contribution in [3.05, 3.63) is 42.6 Å². The van der Waals surface area contributed by atoms with E-state index >= 15 is 0 Å². The Hall–Kier alpha value is -4.03. The van der Waals surface area contributed by atoms with Crippen LogP contribution in [-0.4, -0.2) is 86.3 Å². The van der Waals surface area contributed by atoms with Crippen LogP contribution in [0.5, 0.6) is 5.88 Å². The number of rotatable bonds is 8. The highest BCUT2D eigenvalue weighted by Gasteiger charge is 2.25. The summed E-state index contributed by atoms with van der Waals surface area (Å²) in [6.07, 6.45) is 4.56. The van der Waals surface area contributed by atoms with Crippen LogP contribution in [0.1, 0.15) is 13.8 Å². The third-order valence-electron chi connectivity index (χ3n) is 6.76. The highest BCUT2D eigenvalue weighted by molar-refractivity contribution is 6.06. The number of aromatic amines is 1. The fraction of sp³-hybridized carbons (Fsp3) is 0.385. The Morgan fingerprint density at radius 1 is 1.21 bits per heavy atom. The Bertz CT molecular complexity index is 1440. The second-order valence-electron chi connectivity index (χ2n) is 9.40. The van der Waals surface area contributed by atoms with Crippen LogP contribution in [0.2, 0.25) is 0 Å². The van der Waals surface area contributed by atoms with E-state index in [0.29, 0.717) is 34.9 Å². The summed E-state index contributed by atoms with van der Waals surface area (Å²) < 4.78 is 22.1. The SMILES string of the molecule is CCOc1nn(C)cc1Nc1ncc(F)c(-c2c[nH]c3c(NC(=O)[C@H](C)N4CCN(C)CC4)cccc23)n1. The molecule has 0 spiro atoms. The lowest BCUT2D eigenvalue weighted by molar-refractivity contribution is -0.121. The first-order valence-electron chi connectivity index (χ1n) is 12.6. The van der Waals surface area contributed by atoms with Gasteiger partial charge in [-0.3, -0.25) is 14.4 Å². The van der Waals surface area contributed by atoms with Crippen LogP contribution in [0.15, 0.2) is 36.8 Å². The summed E-state index contributed by atoms with van der Waals surface area (Å²) in [5.41, 5.74) is 2.58. The zero-order valence-electron chi connectivity index (χ0n) is 22.0. The van der Waals surface area contributed by atoms with Gasteiger partial charge in [0.25, 0.3) is 5.88 Å². The topological polar surface area (TPSA) is 116 Å². The maximum Gasteiger partial charge on any atom is 0.256 e. The molecule has 0 aliphatic carbocycles. The molecule has 3 aromatic heterocycles. The molecule has 0 bridgehead atoms. The van der Waals surface area contributed by atoms with Crippen LogP contribution in [0.3, 0.4) is 0 Å². The summed E-state index contributed by atoms with van der Waals surface area (Å²) in [6.45, 7) is 7.79. The number of benzene rings is 1. The number of carbonyl (C=O) groups is 1. The largest absolute Gasteiger partial charge is 0.475 e. The number of carbonyl (C=O) groups excluding carboxylic acids is 1. The van der Waals surface area contributed by atoms with Gasteiger partial charge in [0.1, 0.15) is 11.4 Å². The molecule has 0 radical (unpaired) electrons. The number of aryl methyl sites for hydroxylation is 1. The Balaban J connectivity index is 1.40. The predicted octanol–water partition coefficient (Wildman–Crippen LogP) is 3.21. The van der Waals surface area contributed by atoms with Crippen LogP contribution in [0.25, 0.3) is 22.2 Å². The smallest absolute Gasteiger partial charge is 0.256 e. The molecule has 1 atom stereocenters. The van der Waals surface area contributed by atoms with E-state index in [-0.39, 0.29) is 23.6 Å². The molecule has 1 aliphatic rings. The van der Waals surface area contributed by atoms with Gasteiger partial charge in [0.05, 0.1) is 36.2 Å². The van der Waals surface area contributed by atoms with Crippen LogP contribution in [-0.2, 0) is 11.8 Å². The number of nitrogens with zero attached hydrogens (tertiary/aromatic N) is 6. The maximum absolute atomic E-state index is 15.0. The molecule has 38 heavy (non-hydrogen) atoms. The number of amides is 1. The highest BCUT2D eigenvalue weighted by atomic mass is 19.1. The van der Waals surface area contributed by atoms with Gasteiger partial charge in [-0.15, -0.1) is 5.10 Å². The fourth-order valence-electron chi connectivity index (χ4n) is 4.60. The number of anilines is 3. The monoisotopic (exact) mass is 521 g/mol. The molecule has 1 fully saturated rings. The van der Waals surface area contributed by atoms with Crippen molar-refractivity contribution in [1.29, 1.82) is 0 Å². The predicted molar refractivity (Wildman–Crippen MR) is 144 cm³/mol. The van der Waals surface area contributed by atoms with Crippen molar-refractivity contribution in [3.8, 4) is 17.1 Å². The van der Waals surface area contributed by atoms with Gasteiger partial charge in [0.2, 0.25) is 11.9 Å². The second-order valence-corrected chi connectivity index (χ2v) is 9.40. The Labute approximate surface area is 220 Å². The first-order chi connectivity index (χ1) is 18.3. The zero-order valence-corrected chi connectivity index (χ0v) is 22.0. The average molecular weight is 522 g/mol. The van der Waals surface area contributed by atoms with E-state index in [2.05, 4.69) is 47.5 Å². The summed E-state index contributed by atoms with van der Waals surface area (Å²) in [7, 11) is 3.86. The number of hydrogen-bond acceptors (Lipinski definition) is 8. The maximum atomic E-state index is 15.0. The van der Waals surface area contributed by atoms with Gasteiger partial charge in [-0.1, -0.05) is 12.1 Å². The first-order valence-corrected chi connectivity index (χ1v) is 12.6. The molecule has 1 saturated heterocycles. The van der Waals surface area contributed by atoms with E-state index in [0.717, 1.165) is 37.8 Å². The highest BCUT2D eigenvalue weighted by Crippen LogP contribution is 2.34. The molecule has 0 unspecified atom stereocenters. The molecule has 12 heteroatoms. The third kappa shape index (κ3) is 5.18. The molecular weight excluding hydrogens is 489 g/mol. The summed E-state index contributed by atoms with van der Waals surface area (Å²) in [4.78, 5) is 29.2. The Morgan fingerprint density at radius 3 is 2.76 bits per heavy atom. The van der Waals surface area contributed by atoms with E-state index in [4.69, 9.17) is 4.74 Å². The summed E-state index contributed by atoms with van der Waals surface area (Å²) >= 11 is 0. The molecule has 1 aliphatic heterocycles. The van der Waals surface area contributed by atoms with Crippen LogP contribution < -0.4 is 15.4 Å². The quantitative estimate of drug-likeness (QED) is 0.324. The minimum absolute atomic E-state index is 0.0838. The summed E-state index contributed by atoms with van der Waals surface area (Å²) in [5.74, 6) is -0.0387. The normalized spacial score (nSPS) is 15.5. The Morgan fingerprint density at radius 2 is 2.00 bits per heavy atom. The number of hydrogen-bond donors (Lipinski definition) is 3. The Kier molecular flexibility index (Phi) is 7.25. The number of nitrogens with one attached hydrogen (secondary N) is 3. The number of H-pyrrole nitrogens is 1. The number of ether oxygens (including phenoxy) is 1. The van der Waals surface area contributed by atoms with Crippen molar-refractivity contribution in [2.75, 3.05) is 50.5 Å². The van der Waals surface area contributed by atoms with Gasteiger partial charge in [-0.05, 0) is 27.0 Å². The lowest BCUT2D eigenvalue weighted by Gasteiger charge is -2.35. The van der Waals surface area contributed by atoms with Crippen LogP contribution in [0, 0.1) is 5.82 Å². The summed E-state index contributed by atoms with van der Waals surface area (Å²) in [6, 6.07) is 5.26. The van der Waals surface area contributed by atoms with Gasteiger partial charge >= 0.3 is 0 Å². The van der Waals surface area contributed by atoms with Gasteiger partial charge in [-0.2, -0.15) is 0 Å². The molecule has 5 rings (SSSR count). The van der Waals surface area contributed by atoms with Gasteiger partial charge < -0.3 is 25.3 Å². The van der Waals surface area contributed by atoms with Crippen molar-refractivity contribution < 1.29 is 13.9 Å². The second kappa shape index (κ2) is 10.8. The minimum atomic E-state index is -0.564. The van der Waals surface area contributed by atoms with Crippen LogP contribution in [0.4, 0.5) is 21.7 Å². The molecule has 4 heterocycles. The van der Waals surface area contributed by atoms with E-state index in [1.54, 1.807) is 24.1 Å². The van der Waals surface area contributed by atoms with Crippen molar-refractivity contribution in [1.82, 2.24) is 34.5 Å². The van der Waals surface area contributed by atoms with Crippen LogP contribution >= 0.6 is 0 Å². The van der Waals surface area contributed by atoms with Gasteiger partial charge in [0, 0.05) is 50.4 Å². The number of fused-ring (bicyclic) bond motifs is 1. The zero-order chi connectivity index (χ0) is 26.8. The lowest BCUT2D eigenvalue weighted by Crippen LogP contribution is -2.51. The van der Waals surface area contributed by atoms with Gasteiger partial charge in [-0.25, -0.2) is 14.4 Å². The number of aromatic nitrogens is 5. The molecule has 11 nitrogen and oxygen atoms in total. The fourth-order valence-corrected chi connectivity index (χ4v) is 4.60. The van der Waals surface area contributed by atoms with Crippen molar-refractivity contribution in [3.63, 3.8) is 0 Å². The van der Waals surface area contributed by atoms with Gasteiger partial charge in [0.15, 0.2) is 5.82 Å². The van der Waals surface area contributed by atoms with E-state index < -0.39 is 5.82 Å². The standard InChI is InChI=1S/C26H32FN9O2/c1-5-38-25-21(15-35(4)33-25)31-26-29-14-19(27)22(32-26)18-13-28-23-17(18)7-6-8-20(23)30-24(37)16(2)36-11-9-34(3)10-12-36/h6-8,13-16,28H,5,9-12H2,1-4H3,(H,30,37)(H,29,31,32)/t16-/m0/s1. The van der Waals surface area contributed by atoms with Crippen molar-refractivity contribution in [2.45, 2.75) is 19.9 Å². The first kappa shape index (κ1) is 25.6. The lowest BCUT2D eigenvalue weighted by atomic mass is 10.1. The average Bonchev–Trinajstić information content (AvgIpc) is 3.49. The number of halogens is 1. The minimum Gasteiger partial charge on any atom is -0.475 e. The molecule has 200 valence electrons. The number of likely N-dealkylation sites (N-methyl/N-ethyl adjacent to an activating group) is 1. The molecule has 4 aromatic rings.